The van der Waals surface area contributed by atoms with Gasteiger partial charge in [-0.3, -0.25) is 4.68 Å². The van der Waals surface area contributed by atoms with Gasteiger partial charge in [0, 0.05) is 18.3 Å². The first kappa shape index (κ1) is 13.8. The standard InChI is InChI=1S/C16H23N3/c1-13-9-18-19(11-13)12-15-8-6-5-7-14(15)10-17-16(2,3)4/h5-9,11,17H,10,12H2,1-4H3. The molecule has 1 aromatic carbocycles. The summed E-state index contributed by atoms with van der Waals surface area (Å²) in [6.45, 7) is 10.3. The number of nitrogens with one attached hydrogen (secondary N) is 1. The molecule has 0 saturated heterocycles. The normalized spacial score (nSPS) is 11.8. The summed E-state index contributed by atoms with van der Waals surface area (Å²) < 4.78 is 1.99. The second-order valence-electron chi connectivity index (χ2n) is 6.09. The van der Waals surface area contributed by atoms with Crippen LogP contribution in [0, 0.1) is 6.92 Å². The van der Waals surface area contributed by atoms with E-state index in [4.69, 9.17) is 0 Å². The summed E-state index contributed by atoms with van der Waals surface area (Å²) in [4.78, 5) is 0. The van der Waals surface area contributed by atoms with E-state index < -0.39 is 0 Å². The molecule has 0 amide bonds. The van der Waals surface area contributed by atoms with Gasteiger partial charge in [0.1, 0.15) is 0 Å². The second-order valence-corrected chi connectivity index (χ2v) is 6.09. The zero-order valence-electron chi connectivity index (χ0n) is 12.3. The molecule has 0 saturated carbocycles. The molecule has 0 aliphatic heterocycles. The molecule has 2 aromatic rings. The van der Waals surface area contributed by atoms with Crippen LogP contribution in [0.15, 0.2) is 36.7 Å². The third-order valence-corrected chi connectivity index (χ3v) is 3.02. The Morgan fingerprint density at radius 1 is 1.16 bits per heavy atom. The van der Waals surface area contributed by atoms with E-state index in [0.29, 0.717) is 0 Å². The van der Waals surface area contributed by atoms with Crippen molar-refractivity contribution in [1.29, 1.82) is 0 Å². The maximum Gasteiger partial charge on any atom is 0.0662 e. The molecule has 1 heterocycles. The van der Waals surface area contributed by atoms with Crippen LogP contribution in [0.25, 0.3) is 0 Å². The molecule has 3 nitrogen and oxygen atoms in total. The molecule has 0 bridgehead atoms. The maximum atomic E-state index is 4.36. The molecule has 0 fully saturated rings. The largest absolute Gasteiger partial charge is 0.308 e. The SMILES string of the molecule is Cc1cnn(Cc2ccccc2CNC(C)(C)C)c1. The lowest BCUT2D eigenvalue weighted by Crippen LogP contribution is -2.35. The quantitative estimate of drug-likeness (QED) is 0.912. The number of hydrogen-bond acceptors (Lipinski definition) is 2. The van der Waals surface area contributed by atoms with E-state index >= 15 is 0 Å². The molecule has 0 unspecified atom stereocenters. The summed E-state index contributed by atoms with van der Waals surface area (Å²) >= 11 is 0. The fourth-order valence-corrected chi connectivity index (χ4v) is 1.97. The van der Waals surface area contributed by atoms with E-state index in [1.165, 1.54) is 16.7 Å². The van der Waals surface area contributed by atoms with E-state index in [9.17, 15) is 0 Å². The van der Waals surface area contributed by atoms with Crippen molar-refractivity contribution in [2.45, 2.75) is 46.3 Å². The fraction of sp³-hybridized carbons (Fsp3) is 0.438. The Morgan fingerprint density at radius 3 is 2.42 bits per heavy atom. The summed E-state index contributed by atoms with van der Waals surface area (Å²) in [5.41, 5.74) is 3.99. The topological polar surface area (TPSA) is 29.9 Å². The first-order chi connectivity index (χ1) is 8.94. The molecular weight excluding hydrogens is 234 g/mol. The molecule has 2 rings (SSSR count). The summed E-state index contributed by atoms with van der Waals surface area (Å²) in [7, 11) is 0. The number of aryl methyl sites for hydroxylation is 1. The molecule has 102 valence electrons. The van der Waals surface area contributed by atoms with Gasteiger partial charge in [-0.05, 0) is 44.4 Å². The predicted octanol–water partition coefficient (Wildman–Crippen LogP) is 3.13. The van der Waals surface area contributed by atoms with Crippen LogP contribution in [0.4, 0.5) is 0 Å². The molecule has 1 aromatic heterocycles. The number of rotatable bonds is 4. The average Bonchev–Trinajstić information content (AvgIpc) is 2.73. The van der Waals surface area contributed by atoms with Gasteiger partial charge >= 0.3 is 0 Å². The molecule has 19 heavy (non-hydrogen) atoms. The van der Waals surface area contributed by atoms with Gasteiger partial charge in [0.15, 0.2) is 0 Å². The Kier molecular flexibility index (Phi) is 4.05. The lowest BCUT2D eigenvalue weighted by Gasteiger charge is -2.21. The highest BCUT2D eigenvalue weighted by Gasteiger charge is 2.10. The van der Waals surface area contributed by atoms with Crippen LogP contribution in [0.3, 0.4) is 0 Å². The minimum Gasteiger partial charge on any atom is -0.308 e. The van der Waals surface area contributed by atoms with Crippen molar-refractivity contribution >= 4 is 0 Å². The number of benzene rings is 1. The van der Waals surface area contributed by atoms with Gasteiger partial charge in [0.2, 0.25) is 0 Å². The van der Waals surface area contributed by atoms with Gasteiger partial charge in [0.05, 0.1) is 12.7 Å². The van der Waals surface area contributed by atoms with Crippen molar-refractivity contribution in [2.75, 3.05) is 0 Å². The molecule has 0 spiro atoms. The molecular formula is C16H23N3. The minimum atomic E-state index is 0.134. The lowest BCUT2D eigenvalue weighted by atomic mass is 10.0. The highest BCUT2D eigenvalue weighted by atomic mass is 15.3. The lowest BCUT2D eigenvalue weighted by molar-refractivity contribution is 0.423. The van der Waals surface area contributed by atoms with Crippen LogP contribution < -0.4 is 5.32 Å². The molecule has 0 aliphatic rings. The highest BCUT2D eigenvalue weighted by molar-refractivity contribution is 5.27. The van der Waals surface area contributed by atoms with Crippen LogP contribution >= 0.6 is 0 Å². The molecule has 0 radical (unpaired) electrons. The van der Waals surface area contributed by atoms with E-state index in [1.54, 1.807) is 0 Å². The number of aromatic nitrogens is 2. The molecule has 0 aliphatic carbocycles. The fourth-order valence-electron chi connectivity index (χ4n) is 1.97. The Labute approximate surface area is 115 Å². The van der Waals surface area contributed by atoms with Gasteiger partial charge in [-0.2, -0.15) is 5.10 Å². The van der Waals surface area contributed by atoms with Gasteiger partial charge in [0.25, 0.3) is 0 Å². The second kappa shape index (κ2) is 5.57. The van der Waals surface area contributed by atoms with Crippen molar-refractivity contribution in [3.8, 4) is 0 Å². The van der Waals surface area contributed by atoms with Crippen LogP contribution in [0.2, 0.25) is 0 Å². The Bertz CT molecular complexity index is 535. The van der Waals surface area contributed by atoms with E-state index in [-0.39, 0.29) is 5.54 Å². The Hall–Kier alpha value is -1.61. The Balaban J connectivity index is 2.12. The first-order valence-corrected chi connectivity index (χ1v) is 6.75. The van der Waals surface area contributed by atoms with Crippen LogP contribution in [-0.2, 0) is 13.1 Å². The van der Waals surface area contributed by atoms with Gasteiger partial charge in [-0.1, -0.05) is 24.3 Å². The number of nitrogens with zero attached hydrogens (tertiary/aromatic N) is 2. The molecule has 1 N–H and O–H groups in total. The molecule has 3 heteroatoms. The highest BCUT2D eigenvalue weighted by Crippen LogP contribution is 2.12. The molecule has 0 atom stereocenters. The predicted molar refractivity (Wildman–Crippen MR) is 79.1 cm³/mol. The summed E-state index contributed by atoms with van der Waals surface area (Å²) in [6.07, 6.45) is 3.98. The smallest absolute Gasteiger partial charge is 0.0662 e. The van der Waals surface area contributed by atoms with E-state index in [1.807, 2.05) is 10.9 Å². The maximum absolute atomic E-state index is 4.36. The average molecular weight is 257 g/mol. The van der Waals surface area contributed by atoms with Gasteiger partial charge in [-0.15, -0.1) is 0 Å². The monoisotopic (exact) mass is 257 g/mol. The van der Waals surface area contributed by atoms with Crippen molar-refractivity contribution in [3.05, 3.63) is 53.3 Å². The van der Waals surface area contributed by atoms with E-state index in [0.717, 1.165) is 13.1 Å². The number of hydrogen-bond donors (Lipinski definition) is 1. The third kappa shape index (κ3) is 4.21. The van der Waals surface area contributed by atoms with Crippen LogP contribution in [0.5, 0.6) is 0 Å². The van der Waals surface area contributed by atoms with Crippen LogP contribution in [0.1, 0.15) is 37.5 Å². The Morgan fingerprint density at radius 2 is 1.84 bits per heavy atom. The minimum absolute atomic E-state index is 0.134. The van der Waals surface area contributed by atoms with Gasteiger partial charge < -0.3 is 5.32 Å². The summed E-state index contributed by atoms with van der Waals surface area (Å²) in [6, 6.07) is 8.55. The summed E-state index contributed by atoms with van der Waals surface area (Å²) in [5.74, 6) is 0. The zero-order valence-corrected chi connectivity index (χ0v) is 12.3. The summed E-state index contributed by atoms with van der Waals surface area (Å²) in [5, 5.41) is 7.90. The zero-order chi connectivity index (χ0) is 13.9. The van der Waals surface area contributed by atoms with E-state index in [2.05, 4.69) is 68.6 Å². The van der Waals surface area contributed by atoms with Crippen molar-refractivity contribution in [3.63, 3.8) is 0 Å². The van der Waals surface area contributed by atoms with Crippen molar-refractivity contribution in [2.24, 2.45) is 0 Å². The first-order valence-electron chi connectivity index (χ1n) is 6.75. The third-order valence-electron chi connectivity index (χ3n) is 3.02. The van der Waals surface area contributed by atoms with Gasteiger partial charge in [-0.25, -0.2) is 0 Å². The van der Waals surface area contributed by atoms with Crippen molar-refractivity contribution in [1.82, 2.24) is 15.1 Å². The van der Waals surface area contributed by atoms with Crippen molar-refractivity contribution < 1.29 is 0 Å². The van der Waals surface area contributed by atoms with Crippen LogP contribution in [-0.4, -0.2) is 15.3 Å².